The molecule has 1 saturated heterocycles. The first kappa shape index (κ1) is 18.3. The Morgan fingerprint density at radius 2 is 2.00 bits per heavy atom. The standard InChI is InChI=1S/C19H22N4O2S/c1-13-4-5-14(2)17(10-13)26-12-18(24)22-6-8-23(9-7-22)19-16(11-20)21-15(3)25-19/h4-5,10H,6-9,12H2,1-3H3. The predicted molar refractivity (Wildman–Crippen MR) is 101 cm³/mol. The maximum absolute atomic E-state index is 12.5. The maximum atomic E-state index is 12.5. The SMILES string of the molecule is Cc1ccc(C)c(SCC(=O)N2CCN(c3oc(C)nc3C#N)CC2)c1. The number of carbonyl (C=O) groups excluding carboxylic acids is 1. The van der Waals surface area contributed by atoms with Gasteiger partial charge in [-0.1, -0.05) is 17.7 Å². The van der Waals surface area contributed by atoms with Crippen LogP contribution in [0.15, 0.2) is 27.5 Å². The van der Waals surface area contributed by atoms with E-state index < -0.39 is 0 Å². The van der Waals surface area contributed by atoms with E-state index >= 15 is 0 Å². The predicted octanol–water partition coefficient (Wildman–Crippen LogP) is 2.91. The average Bonchev–Trinajstić information content (AvgIpc) is 3.03. The van der Waals surface area contributed by atoms with Gasteiger partial charge in [0.2, 0.25) is 17.5 Å². The molecule has 1 aliphatic heterocycles. The second kappa shape index (κ2) is 7.83. The lowest BCUT2D eigenvalue weighted by Gasteiger charge is -2.34. The lowest BCUT2D eigenvalue weighted by Crippen LogP contribution is -2.49. The first-order chi connectivity index (χ1) is 12.5. The van der Waals surface area contributed by atoms with Gasteiger partial charge in [-0.2, -0.15) is 5.26 Å². The van der Waals surface area contributed by atoms with Crippen molar-refractivity contribution in [3.05, 3.63) is 40.9 Å². The number of aromatic nitrogens is 1. The van der Waals surface area contributed by atoms with Crippen LogP contribution in [0, 0.1) is 32.1 Å². The van der Waals surface area contributed by atoms with Crippen molar-refractivity contribution in [2.45, 2.75) is 25.7 Å². The van der Waals surface area contributed by atoms with Crippen LogP contribution in [0.5, 0.6) is 0 Å². The number of rotatable bonds is 4. The van der Waals surface area contributed by atoms with E-state index in [1.165, 1.54) is 11.1 Å². The summed E-state index contributed by atoms with van der Waals surface area (Å²) in [5.41, 5.74) is 2.71. The Bertz CT molecular complexity index is 848. The summed E-state index contributed by atoms with van der Waals surface area (Å²) in [7, 11) is 0. The van der Waals surface area contributed by atoms with Gasteiger partial charge in [-0.05, 0) is 25.5 Å². The highest BCUT2D eigenvalue weighted by atomic mass is 32.2. The van der Waals surface area contributed by atoms with Crippen molar-refractivity contribution in [3.63, 3.8) is 0 Å². The third kappa shape index (κ3) is 4.02. The van der Waals surface area contributed by atoms with Crippen LogP contribution in [0.1, 0.15) is 22.7 Å². The molecule has 1 aromatic heterocycles. The van der Waals surface area contributed by atoms with E-state index in [0.717, 1.165) is 4.90 Å². The van der Waals surface area contributed by atoms with Gasteiger partial charge >= 0.3 is 0 Å². The number of nitriles is 1. The normalized spacial score (nSPS) is 14.4. The molecule has 1 fully saturated rings. The molecule has 7 heteroatoms. The quantitative estimate of drug-likeness (QED) is 0.771. The minimum atomic E-state index is 0.143. The van der Waals surface area contributed by atoms with Gasteiger partial charge in [0, 0.05) is 38.0 Å². The molecular formula is C19H22N4O2S. The summed E-state index contributed by atoms with van der Waals surface area (Å²) in [6.45, 7) is 8.39. The Balaban J connectivity index is 1.55. The molecule has 6 nitrogen and oxygen atoms in total. The number of oxazole rings is 1. The number of aryl methyl sites for hydroxylation is 3. The lowest BCUT2D eigenvalue weighted by atomic mass is 10.2. The van der Waals surface area contributed by atoms with Crippen LogP contribution in [0.25, 0.3) is 0 Å². The van der Waals surface area contributed by atoms with E-state index in [2.05, 4.69) is 43.1 Å². The molecule has 136 valence electrons. The highest BCUT2D eigenvalue weighted by Gasteiger charge is 2.25. The molecule has 26 heavy (non-hydrogen) atoms. The molecule has 1 aliphatic rings. The van der Waals surface area contributed by atoms with Crippen LogP contribution >= 0.6 is 11.8 Å². The number of thioether (sulfide) groups is 1. The Hall–Kier alpha value is -2.46. The van der Waals surface area contributed by atoms with Crippen molar-refractivity contribution in [2.75, 3.05) is 36.8 Å². The first-order valence-electron chi connectivity index (χ1n) is 8.58. The third-order valence-electron chi connectivity index (χ3n) is 4.44. The van der Waals surface area contributed by atoms with Crippen molar-refractivity contribution in [3.8, 4) is 6.07 Å². The fraction of sp³-hybridized carbons (Fsp3) is 0.421. The topological polar surface area (TPSA) is 73.4 Å². The Morgan fingerprint density at radius 3 is 2.69 bits per heavy atom. The van der Waals surface area contributed by atoms with Crippen LogP contribution in [-0.2, 0) is 4.79 Å². The minimum Gasteiger partial charge on any atom is -0.424 e. The van der Waals surface area contributed by atoms with E-state index in [4.69, 9.17) is 9.68 Å². The fourth-order valence-corrected chi connectivity index (χ4v) is 3.98. The Kier molecular flexibility index (Phi) is 5.52. The zero-order chi connectivity index (χ0) is 18.7. The van der Waals surface area contributed by atoms with Crippen molar-refractivity contribution in [1.82, 2.24) is 9.88 Å². The summed E-state index contributed by atoms with van der Waals surface area (Å²) >= 11 is 1.59. The molecule has 1 aromatic carbocycles. The molecular weight excluding hydrogens is 348 g/mol. The number of hydrogen-bond donors (Lipinski definition) is 0. The molecule has 0 bridgehead atoms. The van der Waals surface area contributed by atoms with Gasteiger partial charge in [0.05, 0.1) is 5.75 Å². The van der Waals surface area contributed by atoms with Gasteiger partial charge in [0.25, 0.3) is 0 Å². The lowest BCUT2D eigenvalue weighted by molar-refractivity contribution is -0.128. The van der Waals surface area contributed by atoms with Gasteiger partial charge in [-0.3, -0.25) is 4.79 Å². The van der Waals surface area contributed by atoms with Crippen LogP contribution in [0.3, 0.4) is 0 Å². The summed E-state index contributed by atoms with van der Waals surface area (Å²) in [5.74, 6) is 1.58. The summed E-state index contributed by atoms with van der Waals surface area (Å²) in [5, 5.41) is 9.16. The number of piperazine rings is 1. The number of anilines is 1. The van der Waals surface area contributed by atoms with Gasteiger partial charge in [0.1, 0.15) is 6.07 Å². The van der Waals surface area contributed by atoms with E-state index in [9.17, 15) is 4.79 Å². The first-order valence-corrected chi connectivity index (χ1v) is 9.57. The van der Waals surface area contributed by atoms with Gasteiger partial charge in [-0.25, -0.2) is 4.98 Å². The molecule has 0 aliphatic carbocycles. The smallest absolute Gasteiger partial charge is 0.234 e. The van der Waals surface area contributed by atoms with Crippen LogP contribution < -0.4 is 4.90 Å². The maximum Gasteiger partial charge on any atom is 0.234 e. The van der Waals surface area contributed by atoms with Crippen LogP contribution in [-0.4, -0.2) is 47.7 Å². The summed E-state index contributed by atoms with van der Waals surface area (Å²) < 4.78 is 5.56. The number of benzene rings is 1. The third-order valence-corrected chi connectivity index (χ3v) is 5.58. The van der Waals surface area contributed by atoms with Crippen LogP contribution in [0.4, 0.5) is 5.88 Å². The molecule has 0 atom stereocenters. The molecule has 2 heterocycles. The van der Waals surface area contributed by atoms with Crippen molar-refractivity contribution < 1.29 is 9.21 Å². The fourth-order valence-electron chi connectivity index (χ4n) is 2.96. The number of nitrogens with zero attached hydrogens (tertiary/aromatic N) is 4. The van der Waals surface area contributed by atoms with E-state index in [1.807, 2.05) is 9.80 Å². The molecule has 0 unspecified atom stereocenters. The molecule has 0 saturated carbocycles. The molecule has 0 spiro atoms. The minimum absolute atomic E-state index is 0.143. The summed E-state index contributed by atoms with van der Waals surface area (Å²) in [6.07, 6.45) is 0. The number of amides is 1. The monoisotopic (exact) mass is 370 g/mol. The highest BCUT2D eigenvalue weighted by Crippen LogP contribution is 2.25. The van der Waals surface area contributed by atoms with E-state index in [1.54, 1.807) is 18.7 Å². The van der Waals surface area contributed by atoms with Gasteiger partial charge in [0.15, 0.2) is 5.89 Å². The van der Waals surface area contributed by atoms with Crippen molar-refractivity contribution in [1.29, 1.82) is 5.26 Å². The van der Waals surface area contributed by atoms with Gasteiger partial charge in [-0.15, -0.1) is 11.8 Å². The molecule has 1 amide bonds. The van der Waals surface area contributed by atoms with E-state index in [0.29, 0.717) is 49.4 Å². The second-order valence-corrected chi connectivity index (χ2v) is 7.44. The molecule has 0 radical (unpaired) electrons. The molecule has 0 N–H and O–H groups in total. The molecule has 2 aromatic rings. The highest BCUT2D eigenvalue weighted by molar-refractivity contribution is 8.00. The summed E-state index contributed by atoms with van der Waals surface area (Å²) in [4.78, 5) is 21.6. The van der Waals surface area contributed by atoms with Crippen molar-refractivity contribution in [2.24, 2.45) is 0 Å². The largest absolute Gasteiger partial charge is 0.424 e. The Labute approximate surface area is 157 Å². The number of hydrogen-bond acceptors (Lipinski definition) is 6. The molecule has 3 rings (SSSR count). The second-order valence-electron chi connectivity index (χ2n) is 6.42. The Morgan fingerprint density at radius 1 is 1.27 bits per heavy atom. The average molecular weight is 370 g/mol. The van der Waals surface area contributed by atoms with Gasteiger partial charge < -0.3 is 14.2 Å². The number of carbonyl (C=O) groups is 1. The zero-order valence-corrected chi connectivity index (χ0v) is 16.1. The van der Waals surface area contributed by atoms with Crippen molar-refractivity contribution >= 4 is 23.6 Å². The summed E-state index contributed by atoms with van der Waals surface area (Å²) in [6, 6.07) is 8.37. The van der Waals surface area contributed by atoms with Crippen LogP contribution in [0.2, 0.25) is 0 Å². The zero-order valence-electron chi connectivity index (χ0n) is 15.3. The van der Waals surface area contributed by atoms with E-state index in [-0.39, 0.29) is 5.91 Å².